The van der Waals surface area contributed by atoms with Gasteiger partial charge in [0.2, 0.25) is 5.91 Å². The van der Waals surface area contributed by atoms with E-state index in [1.54, 1.807) is 11.3 Å². The highest BCUT2D eigenvalue weighted by Gasteiger charge is 2.37. The van der Waals surface area contributed by atoms with E-state index >= 15 is 0 Å². The Morgan fingerprint density at radius 2 is 2.11 bits per heavy atom. The van der Waals surface area contributed by atoms with Crippen LogP contribution in [0.3, 0.4) is 0 Å². The van der Waals surface area contributed by atoms with Crippen LogP contribution in [0.2, 0.25) is 0 Å². The molecule has 0 bridgehead atoms. The maximum Gasteiger partial charge on any atom is 0.227 e. The van der Waals surface area contributed by atoms with Gasteiger partial charge in [-0.15, -0.1) is 11.3 Å². The van der Waals surface area contributed by atoms with Crippen molar-refractivity contribution in [3.8, 4) is 0 Å². The first kappa shape index (κ1) is 13.1. The molecule has 1 aromatic heterocycles. The fourth-order valence-corrected chi connectivity index (χ4v) is 4.36. The summed E-state index contributed by atoms with van der Waals surface area (Å²) in [7, 11) is 0. The van der Waals surface area contributed by atoms with Gasteiger partial charge in [-0.05, 0) is 37.1 Å². The van der Waals surface area contributed by atoms with Crippen molar-refractivity contribution in [3.63, 3.8) is 0 Å². The van der Waals surface area contributed by atoms with Gasteiger partial charge in [0.15, 0.2) is 0 Å². The van der Waals surface area contributed by atoms with Crippen LogP contribution in [0.4, 0.5) is 0 Å². The number of carbonyl (C=O) groups is 1. The number of hydrogen-bond acceptors (Lipinski definition) is 3. The van der Waals surface area contributed by atoms with Gasteiger partial charge >= 0.3 is 0 Å². The minimum Gasteiger partial charge on any atom is -0.335 e. The fourth-order valence-electron chi connectivity index (χ4n) is 3.49. The predicted molar refractivity (Wildman–Crippen MR) is 77.9 cm³/mol. The molecule has 0 aromatic carbocycles. The molecule has 0 spiro atoms. The molecule has 19 heavy (non-hydrogen) atoms. The van der Waals surface area contributed by atoms with Gasteiger partial charge in [-0.25, -0.2) is 0 Å². The lowest BCUT2D eigenvalue weighted by Crippen LogP contribution is -2.45. The van der Waals surface area contributed by atoms with Crippen LogP contribution in [0.25, 0.3) is 0 Å². The van der Waals surface area contributed by atoms with E-state index in [0.717, 1.165) is 38.6 Å². The highest BCUT2D eigenvalue weighted by molar-refractivity contribution is 7.10. The summed E-state index contributed by atoms with van der Waals surface area (Å²) in [5, 5.41) is 2.10. The molecule has 3 unspecified atom stereocenters. The third-order valence-electron chi connectivity index (χ3n) is 4.54. The molecule has 1 amide bonds. The molecule has 1 saturated heterocycles. The Hall–Kier alpha value is -0.870. The summed E-state index contributed by atoms with van der Waals surface area (Å²) >= 11 is 1.76. The highest BCUT2D eigenvalue weighted by Crippen LogP contribution is 2.37. The third-order valence-corrected chi connectivity index (χ3v) is 5.52. The topological polar surface area (TPSA) is 46.3 Å². The monoisotopic (exact) mass is 278 g/mol. The highest BCUT2D eigenvalue weighted by atomic mass is 32.1. The van der Waals surface area contributed by atoms with Crippen molar-refractivity contribution in [2.24, 2.45) is 11.7 Å². The molecule has 3 rings (SSSR count). The zero-order valence-electron chi connectivity index (χ0n) is 11.3. The molecule has 2 fully saturated rings. The van der Waals surface area contributed by atoms with Crippen LogP contribution in [-0.2, 0) is 4.79 Å². The molecule has 104 valence electrons. The Bertz CT molecular complexity index is 431. The zero-order valence-corrected chi connectivity index (χ0v) is 12.1. The van der Waals surface area contributed by atoms with Gasteiger partial charge in [-0.1, -0.05) is 18.9 Å². The fraction of sp³-hybridized carbons (Fsp3) is 0.667. The second-order valence-electron chi connectivity index (χ2n) is 5.76. The van der Waals surface area contributed by atoms with Gasteiger partial charge in [0, 0.05) is 17.5 Å². The van der Waals surface area contributed by atoms with Gasteiger partial charge in [0.25, 0.3) is 0 Å². The smallest absolute Gasteiger partial charge is 0.227 e. The first-order valence-electron chi connectivity index (χ1n) is 7.37. The zero-order chi connectivity index (χ0) is 13.2. The van der Waals surface area contributed by atoms with E-state index < -0.39 is 0 Å². The van der Waals surface area contributed by atoms with E-state index in [-0.39, 0.29) is 12.0 Å². The standard InChI is InChI=1S/C15H22N2OS/c16-12-6-2-1-5-11(12)15(18)17-9-3-7-13(17)14-8-4-10-19-14/h4,8,10-13H,1-3,5-7,9,16H2. The Labute approximate surface area is 118 Å². The van der Waals surface area contributed by atoms with Gasteiger partial charge in [0.1, 0.15) is 0 Å². The average Bonchev–Trinajstić information content (AvgIpc) is 3.09. The van der Waals surface area contributed by atoms with Crippen LogP contribution in [-0.4, -0.2) is 23.4 Å². The van der Waals surface area contributed by atoms with Crippen molar-refractivity contribution in [1.82, 2.24) is 4.90 Å². The van der Waals surface area contributed by atoms with Crippen molar-refractivity contribution in [1.29, 1.82) is 0 Å². The summed E-state index contributed by atoms with van der Waals surface area (Å²) in [6, 6.07) is 4.61. The molecule has 1 saturated carbocycles. The molecule has 4 heteroatoms. The van der Waals surface area contributed by atoms with E-state index in [1.807, 2.05) is 0 Å². The Morgan fingerprint density at radius 1 is 1.26 bits per heavy atom. The maximum atomic E-state index is 12.8. The van der Waals surface area contributed by atoms with E-state index in [9.17, 15) is 4.79 Å². The first-order chi connectivity index (χ1) is 9.27. The quantitative estimate of drug-likeness (QED) is 0.904. The Balaban J connectivity index is 1.75. The van der Waals surface area contributed by atoms with E-state index in [0.29, 0.717) is 11.9 Å². The lowest BCUT2D eigenvalue weighted by molar-refractivity contribution is -0.138. The molecular formula is C15H22N2OS. The van der Waals surface area contributed by atoms with Gasteiger partial charge in [0.05, 0.1) is 12.0 Å². The summed E-state index contributed by atoms with van der Waals surface area (Å²) in [5.41, 5.74) is 6.17. The number of carbonyl (C=O) groups excluding carboxylic acids is 1. The Kier molecular flexibility index (Phi) is 3.89. The summed E-state index contributed by atoms with van der Waals surface area (Å²) < 4.78 is 0. The van der Waals surface area contributed by atoms with Crippen molar-refractivity contribution >= 4 is 17.2 Å². The van der Waals surface area contributed by atoms with Crippen LogP contribution in [0.5, 0.6) is 0 Å². The van der Waals surface area contributed by atoms with Crippen LogP contribution in [0.15, 0.2) is 17.5 Å². The maximum absolute atomic E-state index is 12.8. The number of amides is 1. The summed E-state index contributed by atoms with van der Waals surface area (Å²) in [6.45, 7) is 0.907. The summed E-state index contributed by atoms with van der Waals surface area (Å²) in [6.07, 6.45) is 6.55. The van der Waals surface area contributed by atoms with Gasteiger partial charge in [-0.3, -0.25) is 4.79 Å². The van der Waals surface area contributed by atoms with Crippen LogP contribution in [0.1, 0.15) is 49.4 Å². The van der Waals surface area contributed by atoms with Gasteiger partial charge < -0.3 is 10.6 Å². The van der Waals surface area contributed by atoms with Crippen LogP contribution >= 0.6 is 11.3 Å². The molecule has 3 atom stereocenters. The number of nitrogens with two attached hydrogens (primary N) is 1. The molecule has 1 aliphatic heterocycles. The average molecular weight is 278 g/mol. The van der Waals surface area contributed by atoms with Crippen molar-refractivity contribution < 1.29 is 4.79 Å². The first-order valence-corrected chi connectivity index (χ1v) is 8.25. The molecule has 0 radical (unpaired) electrons. The number of rotatable bonds is 2. The van der Waals surface area contributed by atoms with Crippen LogP contribution in [0, 0.1) is 5.92 Å². The molecule has 2 heterocycles. The largest absolute Gasteiger partial charge is 0.335 e. The Morgan fingerprint density at radius 3 is 2.84 bits per heavy atom. The minimum absolute atomic E-state index is 0.0642. The molecule has 2 aliphatic rings. The van der Waals surface area contributed by atoms with Gasteiger partial charge in [-0.2, -0.15) is 0 Å². The SMILES string of the molecule is NC1CCCCC1C(=O)N1CCCC1c1cccs1. The molecular weight excluding hydrogens is 256 g/mol. The summed E-state index contributed by atoms with van der Waals surface area (Å²) in [5.74, 6) is 0.373. The number of likely N-dealkylation sites (tertiary alicyclic amines) is 1. The van der Waals surface area contributed by atoms with E-state index in [2.05, 4.69) is 22.4 Å². The van der Waals surface area contributed by atoms with Crippen molar-refractivity contribution in [2.45, 2.75) is 50.6 Å². The minimum atomic E-state index is 0.0642. The lowest BCUT2D eigenvalue weighted by Gasteiger charge is -2.33. The molecule has 1 aliphatic carbocycles. The number of thiophene rings is 1. The predicted octanol–water partition coefficient (Wildman–Crippen LogP) is 2.93. The van der Waals surface area contributed by atoms with Crippen molar-refractivity contribution in [2.75, 3.05) is 6.54 Å². The second kappa shape index (κ2) is 5.63. The summed E-state index contributed by atoms with van der Waals surface area (Å²) in [4.78, 5) is 16.2. The van der Waals surface area contributed by atoms with E-state index in [4.69, 9.17) is 5.73 Å². The third kappa shape index (κ3) is 2.56. The van der Waals surface area contributed by atoms with Crippen LogP contribution < -0.4 is 5.73 Å². The lowest BCUT2D eigenvalue weighted by atomic mass is 9.84. The van der Waals surface area contributed by atoms with E-state index in [1.165, 1.54) is 11.3 Å². The molecule has 1 aromatic rings. The molecule has 2 N–H and O–H groups in total. The number of hydrogen-bond donors (Lipinski definition) is 1. The normalized spacial score (nSPS) is 31.6. The second-order valence-corrected chi connectivity index (χ2v) is 6.74. The molecule has 3 nitrogen and oxygen atoms in total. The van der Waals surface area contributed by atoms with Crippen molar-refractivity contribution in [3.05, 3.63) is 22.4 Å². The number of nitrogens with zero attached hydrogens (tertiary/aromatic N) is 1.